The predicted octanol–water partition coefficient (Wildman–Crippen LogP) is 7.16. The number of nitrogens with one attached hydrogen (secondary N) is 4. The Labute approximate surface area is 325 Å². The minimum atomic E-state index is -0.684. The molecule has 3 fully saturated rings. The number of nitrogens with zero attached hydrogens (tertiary/aromatic N) is 4. The summed E-state index contributed by atoms with van der Waals surface area (Å²) in [5.41, 5.74) is 6.69. The summed E-state index contributed by atoms with van der Waals surface area (Å²) in [6, 6.07) is 18.7. The third-order valence-corrected chi connectivity index (χ3v) is 11.9. The number of carbonyl (C=O) groups is 3. The summed E-state index contributed by atoms with van der Waals surface area (Å²) in [4.78, 5) is 61.0. The molecule has 1 aliphatic heterocycles. The van der Waals surface area contributed by atoms with Crippen molar-refractivity contribution in [2.75, 3.05) is 13.7 Å². The minimum absolute atomic E-state index is 0.0198. The number of hydrogen-bond acceptors (Lipinski definition) is 7. The van der Waals surface area contributed by atoms with E-state index in [1.165, 1.54) is 19.4 Å². The molecule has 2 saturated carbocycles. The predicted molar refractivity (Wildman–Crippen MR) is 208 cm³/mol. The summed E-state index contributed by atoms with van der Waals surface area (Å²) in [6.07, 6.45) is 9.33. The number of imidazole rings is 2. The van der Waals surface area contributed by atoms with E-state index in [-0.39, 0.29) is 35.6 Å². The number of hydrogen-bond donors (Lipinski definition) is 4. The number of alkyl carbamates (subject to hydrolysis) is 1. The van der Waals surface area contributed by atoms with E-state index < -0.39 is 18.1 Å². The van der Waals surface area contributed by atoms with E-state index in [0.717, 1.165) is 83.0 Å². The van der Waals surface area contributed by atoms with Gasteiger partial charge in [0.1, 0.15) is 17.7 Å². The van der Waals surface area contributed by atoms with Gasteiger partial charge < -0.3 is 30.2 Å². The number of aromatic nitrogens is 5. The molecule has 4 N–H and O–H groups in total. The van der Waals surface area contributed by atoms with E-state index >= 15 is 0 Å². The van der Waals surface area contributed by atoms with Crippen LogP contribution in [0.25, 0.3) is 33.6 Å². The Hall–Kier alpha value is -5.85. The van der Waals surface area contributed by atoms with Crippen LogP contribution >= 0.6 is 0 Å². The highest BCUT2D eigenvalue weighted by Gasteiger charge is 2.52. The second kappa shape index (κ2) is 15.7. The van der Waals surface area contributed by atoms with Crippen LogP contribution in [0.15, 0.2) is 79.3 Å². The highest BCUT2D eigenvalue weighted by molar-refractivity contribution is 5.86. The molecule has 5 aromatic rings. The maximum absolute atomic E-state index is 13.5. The molecular formula is C43H47FN8O4. The van der Waals surface area contributed by atoms with Crippen LogP contribution in [0.4, 0.5) is 9.18 Å². The van der Waals surface area contributed by atoms with Crippen molar-refractivity contribution in [1.29, 1.82) is 0 Å². The van der Waals surface area contributed by atoms with Gasteiger partial charge in [0.2, 0.25) is 17.8 Å². The number of ether oxygens (including phenoxy) is 1. The Morgan fingerprint density at radius 1 is 0.821 bits per heavy atom. The Balaban J connectivity index is 0.914. The van der Waals surface area contributed by atoms with Gasteiger partial charge >= 0.3 is 6.09 Å². The summed E-state index contributed by atoms with van der Waals surface area (Å²) >= 11 is 0. The van der Waals surface area contributed by atoms with Crippen LogP contribution in [0, 0.1) is 29.6 Å². The van der Waals surface area contributed by atoms with Crippen LogP contribution in [0.5, 0.6) is 0 Å². The van der Waals surface area contributed by atoms with Gasteiger partial charge in [0.15, 0.2) is 0 Å². The van der Waals surface area contributed by atoms with Gasteiger partial charge in [0.05, 0.1) is 42.9 Å². The van der Waals surface area contributed by atoms with E-state index in [4.69, 9.17) is 9.72 Å². The number of H-pyrrole nitrogens is 2. The summed E-state index contributed by atoms with van der Waals surface area (Å²) in [7, 11) is 1.29. The zero-order chi connectivity index (χ0) is 38.9. The van der Waals surface area contributed by atoms with Crippen LogP contribution in [-0.4, -0.2) is 67.4 Å². The van der Waals surface area contributed by atoms with Crippen molar-refractivity contribution < 1.29 is 23.5 Å². The normalized spacial score (nSPS) is 22.0. The molecule has 2 aromatic carbocycles. The van der Waals surface area contributed by atoms with Gasteiger partial charge in [0.25, 0.3) is 0 Å². The van der Waals surface area contributed by atoms with Crippen LogP contribution in [0.2, 0.25) is 0 Å². The highest BCUT2D eigenvalue weighted by atomic mass is 19.1. The van der Waals surface area contributed by atoms with Crippen LogP contribution in [0.1, 0.15) is 75.1 Å². The van der Waals surface area contributed by atoms with Gasteiger partial charge in [0, 0.05) is 25.2 Å². The number of amides is 3. The first-order chi connectivity index (χ1) is 27.2. The monoisotopic (exact) mass is 758 g/mol. The number of pyridine rings is 1. The molecule has 4 heterocycles. The Morgan fingerprint density at radius 3 is 2.07 bits per heavy atom. The van der Waals surface area contributed by atoms with Gasteiger partial charge in [-0.2, -0.15) is 4.39 Å². The summed E-state index contributed by atoms with van der Waals surface area (Å²) in [5, 5.41) is 5.77. The molecule has 2 bridgehead atoms. The molecule has 0 spiro atoms. The molecular weight excluding hydrogens is 712 g/mol. The Bertz CT molecular complexity index is 2180. The van der Waals surface area contributed by atoms with E-state index in [9.17, 15) is 18.8 Å². The van der Waals surface area contributed by atoms with Crippen molar-refractivity contribution in [3.63, 3.8) is 0 Å². The van der Waals surface area contributed by atoms with Crippen molar-refractivity contribution >= 4 is 17.9 Å². The average molecular weight is 759 g/mol. The highest BCUT2D eigenvalue weighted by Crippen LogP contribution is 2.56. The number of methoxy groups -OCH3 is 1. The third-order valence-electron chi connectivity index (χ3n) is 11.9. The summed E-state index contributed by atoms with van der Waals surface area (Å²) in [6.45, 7) is 4.72. The molecule has 12 nitrogen and oxygen atoms in total. The number of halogens is 1. The summed E-state index contributed by atoms with van der Waals surface area (Å²) < 4.78 is 18.0. The van der Waals surface area contributed by atoms with Gasteiger partial charge in [-0.15, -0.1) is 0 Å². The maximum Gasteiger partial charge on any atom is 0.407 e. The van der Waals surface area contributed by atoms with Gasteiger partial charge in [-0.1, -0.05) is 68.4 Å². The van der Waals surface area contributed by atoms with E-state index in [1.54, 1.807) is 6.07 Å². The number of fused-ring (bicyclic) bond motifs is 2. The third kappa shape index (κ3) is 7.42. The lowest BCUT2D eigenvalue weighted by Crippen LogP contribution is -2.51. The number of benzene rings is 2. The Morgan fingerprint density at radius 2 is 1.45 bits per heavy atom. The molecule has 0 radical (unpaired) electrons. The SMILES string of the molecule is COC(=O)N[C@H](C(=O)N1CCC[C@H]1c1ncc(-c2ccc(-c3ccc(-c4cnc([C@@H]5C6CCC(C6)[C@H]5C(=O)NCc5ccc(F)nc5)[nH]4)cc3)cc2)[nH]1)C(C)C. The molecule has 3 aromatic heterocycles. The molecule has 2 unspecified atom stereocenters. The average Bonchev–Trinajstić information content (AvgIpc) is 4.08. The van der Waals surface area contributed by atoms with E-state index in [1.807, 2.05) is 31.1 Å². The van der Waals surface area contributed by atoms with Crippen LogP contribution in [-0.2, 0) is 20.9 Å². The molecule has 1 saturated heterocycles. The van der Waals surface area contributed by atoms with Crippen molar-refractivity contribution in [3.05, 3.63) is 102 Å². The number of aromatic amines is 2. The van der Waals surface area contributed by atoms with Crippen LogP contribution in [0.3, 0.4) is 0 Å². The second-order valence-electron chi connectivity index (χ2n) is 15.7. The molecule has 290 valence electrons. The fraction of sp³-hybridized carbons (Fsp3) is 0.395. The van der Waals surface area contributed by atoms with Crippen molar-refractivity contribution in [2.24, 2.45) is 23.7 Å². The first kappa shape index (κ1) is 37.1. The lowest BCUT2D eigenvalue weighted by atomic mass is 9.78. The molecule has 8 rings (SSSR count). The Kier molecular flexibility index (Phi) is 10.4. The number of likely N-dealkylation sites (tertiary alicyclic amines) is 1. The first-order valence-electron chi connectivity index (χ1n) is 19.5. The number of rotatable bonds is 11. The fourth-order valence-electron chi connectivity index (χ4n) is 9.06. The van der Waals surface area contributed by atoms with E-state index in [0.29, 0.717) is 24.9 Å². The molecule has 6 atom stereocenters. The van der Waals surface area contributed by atoms with Crippen molar-refractivity contribution in [1.82, 2.24) is 40.5 Å². The lowest BCUT2D eigenvalue weighted by molar-refractivity contribution is -0.135. The minimum Gasteiger partial charge on any atom is -0.453 e. The lowest BCUT2D eigenvalue weighted by Gasteiger charge is -2.30. The molecule has 13 heteroatoms. The largest absolute Gasteiger partial charge is 0.453 e. The van der Waals surface area contributed by atoms with Crippen LogP contribution < -0.4 is 10.6 Å². The van der Waals surface area contributed by atoms with Crippen molar-refractivity contribution in [3.8, 4) is 33.6 Å². The molecule has 56 heavy (non-hydrogen) atoms. The first-order valence-corrected chi connectivity index (χ1v) is 19.5. The van der Waals surface area contributed by atoms with Gasteiger partial charge in [-0.05, 0) is 83.7 Å². The fourth-order valence-corrected chi connectivity index (χ4v) is 9.06. The zero-order valence-electron chi connectivity index (χ0n) is 31.8. The number of carbonyl (C=O) groups excluding carboxylic acids is 3. The second-order valence-corrected chi connectivity index (χ2v) is 15.7. The van der Waals surface area contributed by atoms with Gasteiger partial charge in [-0.25, -0.2) is 19.7 Å². The molecule has 3 amide bonds. The molecule has 3 aliphatic rings. The van der Waals surface area contributed by atoms with Crippen molar-refractivity contribution in [2.45, 2.75) is 70.5 Å². The topological polar surface area (TPSA) is 158 Å². The van der Waals surface area contributed by atoms with Gasteiger partial charge in [-0.3, -0.25) is 9.59 Å². The standard InChI is InChI=1S/C43H47FN8O4/c1-24(2)38(51-43(55)56-3)42(54)52-18-4-5-34(52)39-46-22-32(49-39)28-11-7-26(8-12-28)27-9-13-29(14-10-27)33-23-47-40(50-33)36-30-15-16-31(19-30)37(36)41(53)48-21-25-6-17-35(44)45-20-25/h6-14,17,20,22-24,30-31,34,36-38H,4-5,15-16,18-19,21H2,1-3H3,(H,46,49)(H,47,50)(H,48,53)(H,51,55)/t30?,31?,34-,36+,37+,38-/m0/s1. The summed E-state index contributed by atoms with van der Waals surface area (Å²) in [5.74, 6) is 1.47. The van der Waals surface area contributed by atoms with E-state index in [2.05, 4.69) is 79.1 Å². The quantitative estimate of drug-likeness (QED) is 0.104. The maximum atomic E-state index is 13.5. The molecule has 2 aliphatic carbocycles. The zero-order valence-corrected chi connectivity index (χ0v) is 31.8. The smallest absolute Gasteiger partial charge is 0.407 e.